The number of nitrogens with zero attached hydrogens (tertiary/aromatic N) is 2. The lowest BCUT2D eigenvalue weighted by molar-refractivity contribution is -0.130. The summed E-state index contributed by atoms with van der Waals surface area (Å²) >= 11 is 6.22. The number of carbonyl (C=O) groups is 2. The van der Waals surface area contributed by atoms with Crippen LogP contribution in [0.25, 0.3) is 11.0 Å². The molecule has 1 N–H and O–H groups in total. The van der Waals surface area contributed by atoms with Crippen molar-refractivity contribution < 1.29 is 18.7 Å². The molecule has 5 rings (SSSR count). The van der Waals surface area contributed by atoms with Crippen LogP contribution in [0.3, 0.4) is 0 Å². The Morgan fingerprint density at radius 3 is 2.70 bits per heavy atom. The van der Waals surface area contributed by atoms with Crippen LogP contribution < -0.4 is 4.90 Å². The molecule has 140 valence electrons. The van der Waals surface area contributed by atoms with Gasteiger partial charge < -0.3 is 9.15 Å². The van der Waals surface area contributed by atoms with Gasteiger partial charge in [0, 0.05) is 5.39 Å². The number of halogens is 1. The minimum atomic E-state index is -1.53. The van der Waals surface area contributed by atoms with E-state index in [1.807, 2.05) is 6.92 Å². The molecule has 1 aromatic heterocycles. The first-order valence-corrected chi connectivity index (χ1v) is 9.22. The van der Waals surface area contributed by atoms with E-state index in [1.165, 1.54) is 0 Å². The molecule has 8 heteroatoms. The number of hydrogen-bond donors (Lipinski definition) is 1. The molecule has 1 aromatic carbocycles. The van der Waals surface area contributed by atoms with Gasteiger partial charge in [0.1, 0.15) is 17.3 Å². The molecule has 3 aliphatic heterocycles. The highest BCUT2D eigenvalue weighted by molar-refractivity contribution is 6.36. The molecule has 7 nitrogen and oxygen atoms in total. The molecule has 3 saturated heterocycles. The van der Waals surface area contributed by atoms with Crippen molar-refractivity contribution in [3.05, 3.63) is 29.0 Å². The maximum Gasteiger partial charge on any atom is 0.267 e. The number of fused-ring (bicyclic) bond motifs is 6. The minimum absolute atomic E-state index is 0.385. The summed E-state index contributed by atoms with van der Waals surface area (Å²) in [5.74, 6) is -1.08. The van der Waals surface area contributed by atoms with Gasteiger partial charge in [-0.05, 0) is 51.8 Å². The van der Waals surface area contributed by atoms with Gasteiger partial charge in [-0.25, -0.2) is 10.4 Å². The Bertz CT molecular complexity index is 1060. The van der Waals surface area contributed by atoms with Gasteiger partial charge in [0.15, 0.2) is 5.58 Å². The number of ether oxygens (including phenoxy) is 1. The second-order valence-corrected chi connectivity index (χ2v) is 8.51. The van der Waals surface area contributed by atoms with Gasteiger partial charge in [0.05, 0.1) is 16.3 Å². The Labute approximate surface area is 160 Å². The molecule has 2 amide bonds. The topological polar surface area (TPSA) is 96.0 Å². The third-order valence-electron chi connectivity index (χ3n) is 6.54. The number of aryl methyl sites for hydroxylation is 1. The van der Waals surface area contributed by atoms with E-state index in [2.05, 4.69) is 5.11 Å². The van der Waals surface area contributed by atoms with E-state index in [-0.39, 0.29) is 5.91 Å². The first-order valence-electron chi connectivity index (χ1n) is 8.84. The highest BCUT2D eigenvalue weighted by Crippen LogP contribution is 2.64. The van der Waals surface area contributed by atoms with Crippen LogP contribution in [0, 0.1) is 18.4 Å². The fourth-order valence-corrected chi connectivity index (χ4v) is 5.57. The third kappa shape index (κ3) is 1.68. The van der Waals surface area contributed by atoms with Crippen molar-refractivity contribution in [1.29, 1.82) is 5.53 Å². The smallest absolute Gasteiger partial charge is 0.267 e. The van der Waals surface area contributed by atoms with Crippen LogP contribution in [0.15, 0.2) is 27.7 Å². The number of imide groups is 1. The van der Waals surface area contributed by atoms with E-state index >= 15 is 0 Å². The maximum absolute atomic E-state index is 13.6. The molecule has 0 spiro atoms. The molecule has 27 heavy (non-hydrogen) atoms. The number of nitrogens with one attached hydrogen (secondary N) is 1. The van der Waals surface area contributed by atoms with Crippen LogP contribution in [0.2, 0.25) is 5.02 Å². The number of rotatable bonds is 2. The van der Waals surface area contributed by atoms with Crippen LogP contribution in [0.5, 0.6) is 0 Å². The molecule has 0 saturated carbocycles. The van der Waals surface area contributed by atoms with Crippen LogP contribution in [-0.4, -0.2) is 28.6 Å². The van der Waals surface area contributed by atoms with Crippen molar-refractivity contribution in [2.24, 2.45) is 11.0 Å². The zero-order valence-electron chi connectivity index (χ0n) is 15.1. The van der Waals surface area contributed by atoms with Crippen LogP contribution >= 0.6 is 11.6 Å². The van der Waals surface area contributed by atoms with Gasteiger partial charge in [-0.1, -0.05) is 11.6 Å². The standard InChI is InChI=1S/C19H18ClN3O4/c1-9-8-10-12(5-4-11(20)13(10)26-9)23-15(24)14-17(2)6-7-18(3,27-17)19(14,22-21)16(23)25/h4-5,8,14,21H,6-7H2,1-3H3/t14?,17?,18?,19-/m1/s1. The largest absolute Gasteiger partial charge is 0.460 e. The molecule has 2 bridgehead atoms. The number of amides is 2. The summed E-state index contributed by atoms with van der Waals surface area (Å²) in [4.78, 5) is 28.2. The predicted molar refractivity (Wildman–Crippen MR) is 97.0 cm³/mol. The van der Waals surface area contributed by atoms with E-state index in [4.69, 9.17) is 26.3 Å². The van der Waals surface area contributed by atoms with Gasteiger partial charge in [-0.3, -0.25) is 9.59 Å². The van der Waals surface area contributed by atoms with Crippen molar-refractivity contribution >= 4 is 40.1 Å². The number of hydrogen-bond acceptors (Lipinski definition) is 6. The van der Waals surface area contributed by atoms with Crippen LogP contribution in [0.4, 0.5) is 5.69 Å². The molecule has 3 fully saturated rings. The highest BCUT2D eigenvalue weighted by Gasteiger charge is 2.82. The summed E-state index contributed by atoms with van der Waals surface area (Å²) in [7, 11) is 0. The van der Waals surface area contributed by atoms with Crippen molar-refractivity contribution in [1.82, 2.24) is 0 Å². The Morgan fingerprint density at radius 1 is 1.30 bits per heavy atom. The fraction of sp³-hybridized carbons (Fsp3) is 0.474. The zero-order chi connectivity index (χ0) is 19.4. The van der Waals surface area contributed by atoms with Gasteiger partial charge in [-0.2, -0.15) is 5.11 Å². The molecule has 3 aliphatic rings. The SMILES string of the molecule is Cc1cc2c(N3C(=O)C4C5(C)CCC(C)(O5)[C@]4(N=N)C3=O)ccc(Cl)c2o1. The van der Waals surface area contributed by atoms with E-state index < -0.39 is 28.6 Å². The Morgan fingerprint density at radius 2 is 2.04 bits per heavy atom. The molecule has 3 unspecified atom stereocenters. The van der Waals surface area contributed by atoms with E-state index in [1.54, 1.807) is 32.0 Å². The lowest BCUT2D eigenvalue weighted by Crippen LogP contribution is -2.57. The quantitative estimate of drug-likeness (QED) is 0.622. The van der Waals surface area contributed by atoms with Gasteiger partial charge in [0.25, 0.3) is 5.91 Å². The number of furan rings is 1. The molecular weight excluding hydrogens is 370 g/mol. The van der Waals surface area contributed by atoms with E-state index in [0.29, 0.717) is 40.3 Å². The number of benzene rings is 1. The summed E-state index contributed by atoms with van der Waals surface area (Å²) in [6, 6.07) is 5.00. The highest BCUT2D eigenvalue weighted by atomic mass is 35.5. The predicted octanol–water partition coefficient (Wildman–Crippen LogP) is 4.00. The zero-order valence-corrected chi connectivity index (χ0v) is 15.9. The number of anilines is 1. The van der Waals surface area contributed by atoms with Crippen LogP contribution in [0.1, 0.15) is 32.4 Å². The summed E-state index contributed by atoms with van der Waals surface area (Å²) in [5.41, 5.74) is 5.40. The van der Waals surface area contributed by atoms with E-state index in [0.717, 1.165) is 4.90 Å². The Balaban J connectivity index is 1.76. The van der Waals surface area contributed by atoms with Crippen molar-refractivity contribution in [3.63, 3.8) is 0 Å². The Hall–Kier alpha value is -2.25. The lowest BCUT2D eigenvalue weighted by Gasteiger charge is -2.35. The van der Waals surface area contributed by atoms with Crippen LogP contribution in [-0.2, 0) is 14.3 Å². The number of carbonyl (C=O) groups excluding carboxylic acids is 2. The summed E-state index contributed by atoms with van der Waals surface area (Å²) < 4.78 is 11.8. The molecule has 4 atom stereocenters. The van der Waals surface area contributed by atoms with E-state index in [9.17, 15) is 9.59 Å². The van der Waals surface area contributed by atoms with Gasteiger partial charge in [-0.15, -0.1) is 0 Å². The lowest BCUT2D eigenvalue weighted by atomic mass is 9.64. The second-order valence-electron chi connectivity index (χ2n) is 8.10. The first kappa shape index (κ1) is 16.9. The first-order chi connectivity index (χ1) is 12.7. The summed E-state index contributed by atoms with van der Waals surface area (Å²) in [5, 5.41) is 4.75. The van der Waals surface area contributed by atoms with Crippen molar-refractivity contribution in [3.8, 4) is 0 Å². The Kier molecular flexibility index (Phi) is 2.99. The molecular formula is C19H18ClN3O4. The fourth-order valence-electron chi connectivity index (χ4n) is 5.36. The minimum Gasteiger partial charge on any atom is -0.460 e. The molecule has 0 aliphatic carbocycles. The molecule has 4 heterocycles. The molecule has 0 radical (unpaired) electrons. The maximum atomic E-state index is 13.6. The van der Waals surface area contributed by atoms with Gasteiger partial charge in [0.2, 0.25) is 11.4 Å². The molecule has 2 aromatic rings. The average molecular weight is 388 g/mol. The normalized spacial score (nSPS) is 37.5. The second kappa shape index (κ2) is 4.77. The van der Waals surface area contributed by atoms with Crippen molar-refractivity contribution in [2.45, 2.75) is 50.4 Å². The third-order valence-corrected chi connectivity index (χ3v) is 6.84. The summed E-state index contributed by atoms with van der Waals surface area (Å²) in [6.45, 7) is 5.40. The monoisotopic (exact) mass is 387 g/mol. The average Bonchev–Trinajstić information content (AvgIpc) is 3.26. The van der Waals surface area contributed by atoms with Gasteiger partial charge >= 0.3 is 0 Å². The summed E-state index contributed by atoms with van der Waals surface area (Å²) in [6.07, 6.45) is 1.23. The van der Waals surface area contributed by atoms with Crippen molar-refractivity contribution in [2.75, 3.05) is 4.90 Å².